The first-order chi connectivity index (χ1) is 17.8. The highest BCUT2D eigenvalue weighted by Crippen LogP contribution is 2.32. The highest BCUT2D eigenvalue weighted by molar-refractivity contribution is 5.80. The zero-order valence-corrected chi connectivity index (χ0v) is 22.7. The molecule has 0 aliphatic rings. The Bertz CT molecular complexity index is 1270. The summed E-state index contributed by atoms with van der Waals surface area (Å²) >= 11 is 0. The van der Waals surface area contributed by atoms with E-state index < -0.39 is 5.79 Å². The molecule has 2 aromatic heterocycles. The molecule has 37 heavy (non-hydrogen) atoms. The number of nitrogens with one attached hydrogen (secondary N) is 1. The van der Waals surface area contributed by atoms with Gasteiger partial charge in [-0.05, 0) is 41.2 Å². The van der Waals surface area contributed by atoms with E-state index in [1.54, 1.807) is 0 Å². The molecule has 0 saturated heterocycles. The number of rotatable bonds is 11. The maximum absolute atomic E-state index is 6.08. The van der Waals surface area contributed by atoms with Crippen LogP contribution in [0.4, 0.5) is 0 Å². The molecular formula is C28H37N7O2. The van der Waals surface area contributed by atoms with Crippen LogP contribution < -0.4 is 0 Å². The van der Waals surface area contributed by atoms with Crippen molar-refractivity contribution in [2.75, 3.05) is 13.2 Å². The van der Waals surface area contributed by atoms with Crippen LogP contribution in [0.3, 0.4) is 0 Å². The Morgan fingerprint density at radius 1 is 0.892 bits per heavy atom. The maximum atomic E-state index is 6.08. The highest BCUT2D eigenvalue weighted by atomic mass is 16.7. The van der Waals surface area contributed by atoms with Crippen molar-refractivity contribution in [1.29, 1.82) is 0 Å². The van der Waals surface area contributed by atoms with Crippen molar-refractivity contribution < 1.29 is 9.47 Å². The average molecular weight is 504 g/mol. The molecule has 0 unspecified atom stereocenters. The summed E-state index contributed by atoms with van der Waals surface area (Å²) in [5, 5.41) is 19.5. The van der Waals surface area contributed by atoms with E-state index in [1.807, 2.05) is 43.7 Å². The van der Waals surface area contributed by atoms with Crippen LogP contribution in [0.5, 0.6) is 0 Å². The van der Waals surface area contributed by atoms with Crippen molar-refractivity contribution in [2.24, 2.45) is 5.41 Å². The van der Waals surface area contributed by atoms with Crippen LogP contribution in [0.2, 0.25) is 0 Å². The standard InChI is InChI=1S/C28H37N7O2/c1-7-28(36-8-2,37-9-3)26-29-24(35(32-26)19-27(4,5)6)18-20-14-16-21(17-15-20)22-12-10-11-13-23(22)25-30-33-34-31-25/h10-17H,7-9,18-19H2,1-6H3,(H,30,31,33,34). The van der Waals surface area contributed by atoms with Crippen molar-refractivity contribution >= 4 is 0 Å². The van der Waals surface area contributed by atoms with Crippen molar-refractivity contribution in [3.63, 3.8) is 0 Å². The van der Waals surface area contributed by atoms with Gasteiger partial charge in [0.25, 0.3) is 0 Å². The second-order valence-electron chi connectivity index (χ2n) is 10.2. The van der Waals surface area contributed by atoms with Crippen molar-refractivity contribution in [2.45, 2.75) is 66.7 Å². The van der Waals surface area contributed by atoms with Gasteiger partial charge >= 0.3 is 0 Å². The van der Waals surface area contributed by atoms with Gasteiger partial charge in [0.05, 0.1) is 0 Å². The fourth-order valence-corrected chi connectivity index (χ4v) is 4.43. The molecule has 0 aliphatic carbocycles. The van der Waals surface area contributed by atoms with Gasteiger partial charge in [0, 0.05) is 38.2 Å². The fraction of sp³-hybridized carbons (Fsp3) is 0.464. The number of H-pyrrole nitrogens is 1. The molecule has 2 heterocycles. The summed E-state index contributed by atoms with van der Waals surface area (Å²) < 4.78 is 14.2. The summed E-state index contributed by atoms with van der Waals surface area (Å²) in [5.74, 6) is 1.11. The zero-order valence-electron chi connectivity index (χ0n) is 22.7. The fourth-order valence-electron chi connectivity index (χ4n) is 4.43. The number of nitrogens with zero attached hydrogens (tertiary/aromatic N) is 6. The maximum Gasteiger partial charge on any atom is 0.231 e. The zero-order chi connectivity index (χ0) is 26.5. The lowest BCUT2D eigenvalue weighted by molar-refractivity contribution is -0.249. The Balaban J connectivity index is 1.66. The molecule has 9 nitrogen and oxygen atoms in total. The molecule has 2 aromatic carbocycles. The highest BCUT2D eigenvalue weighted by Gasteiger charge is 2.37. The van der Waals surface area contributed by atoms with Crippen LogP contribution in [0.25, 0.3) is 22.5 Å². The van der Waals surface area contributed by atoms with E-state index in [0.29, 0.717) is 37.7 Å². The SMILES string of the molecule is CCOC(CC)(OCC)c1nc(Cc2ccc(-c3ccccc3-c3nn[nH]n3)cc2)n(CC(C)(C)C)n1. The number of ether oxygens (including phenoxy) is 2. The van der Waals surface area contributed by atoms with Gasteiger partial charge in [-0.2, -0.15) is 10.3 Å². The summed E-state index contributed by atoms with van der Waals surface area (Å²) in [4.78, 5) is 4.97. The molecule has 0 fully saturated rings. The average Bonchev–Trinajstić information content (AvgIpc) is 3.54. The molecule has 0 spiro atoms. The normalized spacial score (nSPS) is 12.3. The third-order valence-electron chi connectivity index (χ3n) is 6.07. The smallest absolute Gasteiger partial charge is 0.231 e. The predicted octanol–water partition coefficient (Wildman–Crippen LogP) is 5.40. The molecule has 4 aromatic rings. The Hall–Kier alpha value is -3.43. The molecule has 4 rings (SSSR count). The predicted molar refractivity (Wildman–Crippen MR) is 143 cm³/mol. The Morgan fingerprint density at radius 3 is 2.14 bits per heavy atom. The molecule has 196 valence electrons. The van der Waals surface area contributed by atoms with Crippen LogP contribution in [0, 0.1) is 5.41 Å². The first kappa shape index (κ1) is 26.6. The number of benzene rings is 2. The first-order valence-corrected chi connectivity index (χ1v) is 12.9. The Kier molecular flexibility index (Phi) is 8.14. The molecule has 0 radical (unpaired) electrons. The van der Waals surface area contributed by atoms with E-state index in [0.717, 1.165) is 34.6 Å². The second-order valence-corrected chi connectivity index (χ2v) is 10.2. The van der Waals surface area contributed by atoms with Gasteiger partial charge in [-0.1, -0.05) is 76.2 Å². The number of aromatic amines is 1. The summed E-state index contributed by atoms with van der Waals surface area (Å²) in [6.07, 6.45) is 1.27. The molecule has 0 bridgehead atoms. The Labute approximate surface area is 218 Å². The third-order valence-corrected chi connectivity index (χ3v) is 6.07. The topological polar surface area (TPSA) is 104 Å². The molecule has 0 amide bonds. The van der Waals surface area contributed by atoms with Crippen LogP contribution in [0.1, 0.15) is 65.2 Å². The van der Waals surface area contributed by atoms with Crippen molar-refractivity contribution in [3.8, 4) is 22.5 Å². The molecule has 0 saturated carbocycles. The van der Waals surface area contributed by atoms with Gasteiger partial charge in [0.2, 0.25) is 17.4 Å². The molecule has 1 N–H and O–H groups in total. The van der Waals surface area contributed by atoms with Crippen LogP contribution in [0.15, 0.2) is 48.5 Å². The summed E-state index contributed by atoms with van der Waals surface area (Å²) in [7, 11) is 0. The molecule has 0 atom stereocenters. The van der Waals surface area contributed by atoms with E-state index >= 15 is 0 Å². The summed E-state index contributed by atoms with van der Waals surface area (Å²) in [6.45, 7) is 14.4. The number of aromatic nitrogens is 7. The molecular weight excluding hydrogens is 466 g/mol. The molecule has 0 aliphatic heterocycles. The van der Waals surface area contributed by atoms with Gasteiger partial charge in [0.15, 0.2) is 0 Å². The third kappa shape index (κ3) is 6.11. The minimum absolute atomic E-state index is 0.0363. The van der Waals surface area contributed by atoms with Crippen molar-refractivity contribution in [1.82, 2.24) is 35.4 Å². The van der Waals surface area contributed by atoms with Gasteiger partial charge in [-0.25, -0.2) is 9.67 Å². The summed E-state index contributed by atoms with van der Waals surface area (Å²) in [5.41, 5.74) is 4.24. The van der Waals surface area contributed by atoms with Crippen LogP contribution >= 0.6 is 0 Å². The number of hydrogen-bond acceptors (Lipinski definition) is 7. The van der Waals surface area contributed by atoms with E-state index in [-0.39, 0.29) is 5.41 Å². The van der Waals surface area contributed by atoms with Gasteiger partial charge in [0.1, 0.15) is 5.82 Å². The number of hydrogen-bond donors (Lipinski definition) is 1. The summed E-state index contributed by atoms with van der Waals surface area (Å²) in [6, 6.07) is 16.6. The minimum atomic E-state index is -0.940. The lowest BCUT2D eigenvalue weighted by atomic mass is 9.96. The van der Waals surface area contributed by atoms with Gasteiger partial charge in [-0.3, -0.25) is 0 Å². The second kappa shape index (κ2) is 11.3. The molecule has 9 heteroatoms. The lowest BCUT2D eigenvalue weighted by Gasteiger charge is -2.29. The first-order valence-electron chi connectivity index (χ1n) is 12.9. The van der Waals surface area contributed by atoms with E-state index in [9.17, 15) is 0 Å². The monoisotopic (exact) mass is 503 g/mol. The van der Waals surface area contributed by atoms with Crippen molar-refractivity contribution in [3.05, 3.63) is 65.7 Å². The quantitative estimate of drug-likeness (QED) is 0.273. The van der Waals surface area contributed by atoms with E-state index in [4.69, 9.17) is 19.6 Å². The van der Waals surface area contributed by atoms with E-state index in [2.05, 4.69) is 71.7 Å². The van der Waals surface area contributed by atoms with Crippen LogP contribution in [-0.4, -0.2) is 48.6 Å². The lowest BCUT2D eigenvalue weighted by Crippen LogP contribution is -2.34. The Morgan fingerprint density at radius 2 is 1.57 bits per heavy atom. The minimum Gasteiger partial charge on any atom is -0.344 e. The largest absolute Gasteiger partial charge is 0.344 e. The van der Waals surface area contributed by atoms with Gasteiger partial charge < -0.3 is 9.47 Å². The van der Waals surface area contributed by atoms with E-state index in [1.165, 1.54) is 0 Å². The van der Waals surface area contributed by atoms with Crippen LogP contribution in [-0.2, 0) is 28.2 Å². The number of tetrazole rings is 1. The van der Waals surface area contributed by atoms with Gasteiger partial charge in [-0.15, -0.1) is 10.2 Å².